The highest BCUT2D eigenvalue weighted by Gasteiger charge is 2.19. The van der Waals surface area contributed by atoms with E-state index in [1.165, 1.54) is 10.9 Å². The highest BCUT2D eigenvalue weighted by atomic mass is 32.1. The number of thiophene rings is 1. The van der Waals surface area contributed by atoms with Crippen LogP contribution in [0.5, 0.6) is 0 Å². The third kappa shape index (κ3) is 5.35. The Bertz CT molecular complexity index is 800. The summed E-state index contributed by atoms with van der Waals surface area (Å²) in [5.41, 5.74) is 0.808. The molecule has 0 aliphatic carbocycles. The molecule has 0 radical (unpaired) electrons. The van der Waals surface area contributed by atoms with Crippen molar-refractivity contribution < 1.29 is 14.8 Å². The second-order valence-electron chi connectivity index (χ2n) is 6.66. The summed E-state index contributed by atoms with van der Waals surface area (Å²) in [5, 5.41) is 19.9. The van der Waals surface area contributed by atoms with Crippen molar-refractivity contribution in [2.24, 2.45) is 0 Å². The molecule has 1 N–H and O–H groups in total. The predicted octanol–water partition coefficient (Wildman–Crippen LogP) is 3.31. The standard InChI is InChI=1S/C19H23N3O4S/c23-19(24)6-3-9-20-10-12-21(13-11-20)14-15-7-8-18(27-15)16-4-1-2-5-17(16)22(25)26/h1-2,4-5,7-8H,3,6,9-14H2,(H,23,24). The van der Waals surface area contributed by atoms with Gasteiger partial charge in [0.05, 0.1) is 10.5 Å². The molecule has 1 aliphatic rings. The highest BCUT2D eigenvalue weighted by Crippen LogP contribution is 2.35. The van der Waals surface area contributed by atoms with Crippen molar-refractivity contribution in [1.29, 1.82) is 0 Å². The fourth-order valence-electron chi connectivity index (χ4n) is 3.29. The van der Waals surface area contributed by atoms with E-state index in [-0.39, 0.29) is 17.0 Å². The Morgan fingerprint density at radius 2 is 1.81 bits per heavy atom. The van der Waals surface area contributed by atoms with E-state index in [2.05, 4.69) is 15.9 Å². The number of carboxylic acid groups (broad SMARTS) is 1. The minimum Gasteiger partial charge on any atom is -0.481 e. The summed E-state index contributed by atoms with van der Waals surface area (Å²) in [6, 6.07) is 10.9. The minimum atomic E-state index is -0.735. The molecule has 0 bridgehead atoms. The van der Waals surface area contributed by atoms with Crippen molar-refractivity contribution >= 4 is 23.0 Å². The third-order valence-corrected chi connectivity index (χ3v) is 5.84. The minimum absolute atomic E-state index is 0.140. The van der Waals surface area contributed by atoms with Crippen LogP contribution in [-0.2, 0) is 11.3 Å². The van der Waals surface area contributed by atoms with Gasteiger partial charge in [0, 0.05) is 55.0 Å². The lowest BCUT2D eigenvalue weighted by molar-refractivity contribution is -0.384. The van der Waals surface area contributed by atoms with E-state index in [1.54, 1.807) is 23.5 Å². The molecule has 1 aromatic carbocycles. The Hall–Kier alpha value is -2.29. The predicted molar refractivity (Wildman–Crippen MR) is 105 cm³/mol. The number of nitro groups is 1. The normalized spacial score (nSPS) is 15.7. The number of carboxylic acids is 1. The van der Waals surface area contributed by atoms with E-state index in [9.17, 15) is 14.9 Å². The number of hydrogen-bond acceptors (Lipinski definition) is 6. The number of nitro benzene ring substituents is 1. The van der Waals surface area contributed by atoms with Gasteiger partial charge in [-0.25, -0.2) is 0 Å². The van der Waals surface area contributed by atoms with E-state index in [0.29, 0.717) is 12.0 Å². The van der Waals surface area contributed by atoms with Crippen molar-refractivity contribution in [3.63, 3.8) is 0 Å². The first-order valence-electron chi connectivity index (χ1n) is 9.02. The number of rotatable bonds is 8. The molecular formula is C19H23N3O4S. The molecule has 0 saturated carbocycles. The summed E-state index contributed by atoms with van der Waals surface area (Å²) in [7, 11) is 0. The highest BCUT2D eigenvalue weighted by molar-refractivity contribution is 7.15. The molecule has 1 saturated heterocycles. The molecule has 0 spiro atoms. The number of carbonyl (C=O) groups is 1. The number of piperazine rings is 1. The van der Waals surface area contributed by atoms with Gasteiger partial charge in [0.15, 0.2) is 0 Å². The Balaban J connectivity index is 1.54. The fraction of sp³-hybridized carbons (Fsp3) is 0.421. The van der Waals surface area contributed by atoms with E-state index in [4.69, 9.17) is 5.11 Å². The van der Waals surface area contributed by atoms with Crippen molar-refractivity contribution in [2.45, 2.75) is 19.4 Å². The van der Waals surface area contributed by atoms with Crippen LogP contribution in [0.25, 0.3) is 10.4 Å². The van der Waals surface area contributed by atoms with Crippen LogP contribution in [-0.4, -0.2) is 58.5 Å². The first-order chi connectivity index (χ1) is 13.0. The summed E-state index contributed by atoms with van der Waals surface area (Å²) in [6.45, 7) is 5.47. The fourth-order valence-corrected chi connectivity index (χ4v) is 4.38. The first-order valence-corrected chi connectivity index (χ1v) is 9.83. The van der Waals surface area contributed by atoms with Crippen LogP contribution < -0.4 is 0 Å². The van der Waals surface area contributed by atoms with E-state index in [1.807, 2.05) is 12.1 Å². The maximum Gasteiger partial charge on any atom is 0.303 e. The molecular weight excluding hydrogens is 366 g/mol. The van der Waals surface area contributed by atoms with Gasteiger partial charge in [0.2, 0.25) is 0 Å². The Morgan fingerprint density at radius 1 is 1.11 bits per heavy atom. The third-order valence-electron chi connectivity index (χ3n) is 4.74. The second kappa shape index (κ2) is 9.07. The number of benzene rings is 1. The lowest BCUT2D eigenvalue weighted by atomic mass is 10.1. The maximum absolute atomic E-state index is 11.2. The summed E-state index contributed by atoms with van der Waals surface area (Å²) >= 11 is 1.60. The van der Waals surface area contributed by atoms with Crippen LogP contribution in [0.15, 0.2) is 36.4 Å². The van der Waals surface area contributed by atoms with Crippen LogP contribution in [0, 0.1) is 10.1 Å². The van der Waals surface area contributed by atoms with Gasteiger partial charge in [-0.2, -0.15) is 0 Å². The summed E-state index contributed by atoms with van der Waals surface area (Å²) in [6.07, 6.45) is 0.920. The molecule has 2 aromatic rings. The van der Waals surface area contributed by atoms with Crippen molar-refractivity contribution in [3.05, 3.63) is 51.4 Å². The van der Waals surface area contributed by atoms with Crippen molar-refractivity contribution in [1.82, 2.24) is 9.80 Å². The quantitative estimate of drug-likeness (QED) is 0.551. The van der Waals surface area contributed by atoms with Gasteiger partial charge in [-0.1, -0.05) is 12.1 Å². The molecule has 0 atom stereocenters. The summed E-state index contributed by atoms with van der Waals surface area (Å²) in [5.74, 6) is -0.735. The van der Waals surface area contributed by atoms with E-state index >= 15 is 0 Å². The zero-order valence-corrected chi connectivity index (χ0v) is 15.9. The molecule has 1 fully saturated rings. The number of aliphatic carboxylic acids is 1. The topological polar surface area (TPSA) is 86.9 Å². The van der Waals surface area contributed by atoms with Gasteiger partial charge in [-0.15, -0.1) is 11.3 Å². The Labute approximate surface area is 162 Å². The second-order valence-corrected chi connectivity index (χ2v) is 7.82. The van der Waals surface area contributed by atoms with Crippen LogP contribution >= 0.6 is 11.3 Å². The molecule has 8 heteroatoms. The summed E-state index contributed by atoms with van der Waals surface area (Å²) < 4.78 is 0. The van der Waals surface area contributed by atoms with Crippen LogP contribution in [0.3, 0.4) is 0 Å². The molecule has 0 amide bonds. The monoisotopic (exact) mass is 389 g/mol. The van der Waals surface area contributed by atoms with Gasteiger partial charge >= 0.3 is 5.97 Å². The average Bonchev–Trinajstić information content (AvgIpc) is 3.11. The average molecular weight is 389 g/mol. The smallest absolute Gasteiger partial charge is 0.303 e. The van der Waals surface area contributed by atoms with Gasteiger partial charge in [0.25, 0.3) is 5.69 Å². The van der Waals surface area contributed by atoms with E-state index in [0.717, 1.165) is 44.1 Å². The molecule has 3 rings (SSSR count). The van der Waals surface area contributed by atoms with Crippen molar-refractivity contribution in [3.8, 4) is 10.4 Å². The lowest BCUT2D eigenvalue weighted by Crippen LogP contribution is -2.46. The van der Waals surface area contributed by atoms with Gasteiger partial charge in [-0.3, -0.25) is 19.8 Å². The Kier molecular flexibility index (Phi) is 6.54. The Morgan fingerprint density at radius 3 is 2.52 bits per heavy atom. The molecule has 1 aliphatic heterocycles. The van der Waals surface area contributed by atoms with Crippen molar-refractivity contribution in [2.75, 3.05) is 32.7 Å². The van der Waals surface area contributed by atoms with Gasteiger partial charge < -0.3 is 10.0 Å². The van der Waals surface area contributed by atoms with Crippen LogP contribution in [0.1, 0.15) is 17.7 Å². The molecule has 1 aromatic heterocycles. The molecule has 2 heterocycles. The number of para-hydroxylation sites is 1. The van der Waals surface area contributed by atoms with Crippen LogP contribution in [0.4, 0.5) is 5.69 Å². The SMILES string of the molecule is O=C(O)CCCN1CCN(Cc2ccc(-c3ccccc3[N+](=O)[O-])s2)CC1. The van der Waals surface area contributed by atoms with E-state index < -0.39 is 5.97 Å². The molecule has 7 nitrogen and oxygen atoms in total. The lowest BCUT2D eigenvalue weighted by Gasteiger charge is -2.34. The number of hydrogen-bond donors (Lipinski definition) is 1. The van der Waals surface area contributed by atoms with Crippen LogP contribution in [0.2, 0.25) is 0 Å². The zero-order chi connectivity index (χ0) is 19.2. The summed E-state index contributed by atoms with van der Waals surface area (Å²) in [4.78, 5) is 28.3. The maximum atomic E-state index is 11.2. The zero-order valence-electron chi connectivity index (χ0n) is 15.0. The molecule has 0 unspecified atom stereocenters. The molecule has 27 heavy (non-hydrogen) atoms. The van der Waals surface area contributed by atoms with Gasteiger partial charge in [0.1, 0.15) is 0 Å². The first kappa shape index (κ1) is 19.5. The largest absolute Gasteiger partial charge is 0.481 e. The number of nitrogens with zero attached hydrogens (tertiary/aromatic N) is 3. The van der Waals surface area contributed by atoms with Gasteiger partial charge in [-0.05, 0) is 31.2 Å². The molecule has 144 valence electrons.